The highest BCUT2D eigenvalue weighted by Gasteiger charge is 2.18. The summed E-state index contributed by atoms with van der Waals surface area (Å²) in [5, 5.41) is 6.58. The largest absolute Gasteiger partial charge is 0.456 e. The van der Waals surface area contributed by atoms with Crippen LogP contribution < -0.4 is 4.90 Å². The third-order valence-electron chi connectivity index (χ3n) is 8.32. The van der Waals surface area contributed by atoms with Gasteiger partial charge in [0.2, 0.25) is 5.71 Å². The standard InChI is InChI=1S/C39H24N2O2/c1-2-7-25(8-3-1)26-12-16-28(17-13-26)41(30-19-21-36-34(24-30)31-9-4-5-11-35(31)42-36)29-18-14-27-15-20-37-38(33(27)23-29)32-10-6-22-40-39(32)43-37/h1-24H. The zero-order chi connectivity index (χ0) is 28.3. The summed E-state index contributed by atoms with van der Waals surface area (Å²) >= 11 is 0. The average Bonchev–Trinajstić information content (AvgIpc) is 3.64. The molecule has 4 heteroatoms. The molecule has 0 amide bonds. The lowest BCUT2D eigenvalue weighted by atomic mass is 10.0. The minimum atomic E-state index is 0.654. The lowest BCUT2D eigenvalue weighted by molar-refractivity contribution is 0.654. The van der Waals surface area contributed by atoms with Gasteiger partial charge >= 0.3 is 0 Å². The second-order valence-corrected chi connectivity index (χ2v) is 10.8. The monoisotopic (exact) mass is 552 g/mol. The van der Waals surface area contributed by atoms with E-state index in [-0.39, 0.29) is 0 Å². The molecule has 0 N–H and O–H groups in total. The molecule has 9 rings (SSSR count). The summed E-state index contributed by atoms with van der Waals surface area (Å²) in [5.74, 6) is 0. The molecule has 0 aliphatic rings. The number of fused-ring (bicyclic) bond motifs is 8. The zero-order valence-corrected chi connectivity index (χ0v) is 23.1. The molecule has 0 bridgehead atoms. The fourth-order valence-electron chi connectivity index (χ4n) is 6.29. The summed E-state index contributed by atoms with van der Waals surface area (Å²) < 4.78 is 12.3. The predicted molar refractivity (Wildman–Crippen MR) is 176 cm³/mol. The van der Waals surface area contributed by atoms with Gasteiger partial charge in [0.25, 0.3) is 0 Å². The molecule has 4 nitrogen and oxygen atoms in total. The van der Waals surface area contributed by atoms with Crippen LogP contribution in [0, 0.1) is 0 Å². The Labute approximate surface area is 247 Å². The van der Waals surface area contributed by atoms with Crippen LogP contribution in [0.4, 0.5) is 17.1 Å². The van der Waals surface area contributed by atoms with Crippen LogP contribution in [0.2, 0.25) is 0 Å². The van der Waals surface area contributed by atoms with E-state index in [2.05, 4.69) is 119 Å². The molecule has 202 valence electrons. The van der Waals surface area contributed by atoms with Gasteiger partial charge in [-0.25, -0.2) is 4.98 Å². The first-order valence-electron chi connectivity index (χ1n) is 14.4. The van der Waals surface area contributed by atoms with Crippen LogP contribution in [0.25, 0.3) is 65.9 Å². The number of benzene rings is 6. The molecule has 0 radical (unpaired) electrons. The van der Waals surface area contributed by atoms with Gasteiger partial charge in [-0.1, -0.05) is 72.8 Å². The first-order valence-corrected chi connectivity index (χ1v) is 14.4. The van der Waals surface area contributed by atoms with E-state index < -0.39 is 0 Å². The summed E-state index contributed by atoms with van der Waals surface area (Å²) in [7, 11) is 0. The third-order valence-corrected chi connectivity index (χ3v) is 8.32. The topological polar surface area (TPSA) is 42.4 Å². The molecule has 0 unspecified atom stereocenters. The fourth-order valence-corrected chi connectivity index (χ4v) is 6.29. The Morgan fingerprint density at radius 2 is 1.09 bits per heavy atom. The zero-order valence-electron chi connectivity index (χ0n) is 23.1. The smallest absolute Gasteiger partial charge is 0.227 e. The van der Waals surface area contributed by atoms with Crippen LogP contribution in [0.1, 0.15) is 0 Å². The lowest BCUT2D eigenvalue weighted by Gasteiger charge is -2.26. The van der Waals surface area contributed by atoms with E-state index in [1.807, 2.05) is 30.3 Å². The van der Waals surface area contributed by atoms with E-state index in [9.17, 15) is 0 Å². The normalized spacial score (nSPS) is 11.7. The summed E-state index contributed by atoms with van der Waals surface area (Å²) in [6.07, 6.45) is 1.77. The maximum absolute atomic E-state index is 6.17. The van der Waals surface area contributed by atoms with Crippen molar-refractivity contribution in [3.05, 3.63) is 146 Å². The Kier molecular flexibility index (Phi) is 5.16. The Hall–Kier alpha value is -5.87. The minimum Gasteiger partial charge on any atom is -0.456 e. The molecule has 0 saturated carbocycles. The number of hydrogen-bond donors (Lipinski definition) is 0. The van der Waals surface area contributed by atoms with Crippen LogP contribution >= 0.6 is 0 Å². The summed E-state index contributed by atoms with van der Waals surface area (Å²) in [6, 6.07) is 48.8. The maximum atomic E-state index is 6.17. The lowest BCUT2D eigenvalue weighted by Crippen LogP contribution is -2.09. The highest BCUT2D eigenvalue weighted by molar-refractivity contribution is 6.19. The summed E-state index contributed by atoms with van der Waals surface area (Å²) in [6.45, 7) is 0. The number of aromatic nitrogens is 1. The van der Waals surface area contributed by atoms with Crippen LogP contribution in [0.5, 0.6) is 0 Å². The molecule has 43 heavy (non-hydrogen) atoms. The van der Waals surface area contributed by atoms with Gasteiger partial charge in [-0.2, -0.15) is 0 Å². The van der Waals surface area contributed by atoms with Crippen molar-refractivity contribution in [1.82, 2.24) is 4.98 Å². The van der Waals surface area contributed by atoms with Crippen molar-refractivity contribution in [2.24, 2.45) is 0 Å². The van der Waals surface area contributed by atoms with Gasteiger partial charge in [0, 0.05) is 44.8 Å². The van der Waals surface area contributed by atoms with Crippen LogP contribution in [-0.4, -0.2) is 4.98 Å². The molecule has 0 saturated heterocycles. The van der Waals surface area contributed by atoms with Gasteiger partial charge in [-0.3, -0.25) is 0 Å². The first kappa shape index (κ1) is 23.8. The molecule has 3 aromatic heterocycles. The van der Waals surface area contributed by atoms with Crippen LogP contribution in [-0.2, 0) is 0 Å². The van der Waals surface area contributed by atoms with Gasteiger partial charge in [-0.15, -0.1) is 0 Å². The molecule has 0 fully saturated rings. The molecule has 0 aliphatic heterocycles. The number of furan rings is 2. The first-order chi connectivity index (χ1) is 21.3. The van der Waals surface area contributed by atoms with Crippen molar-refractivity contribution >= 4 is 71.8 Å². The van der Waals surface area contributed by atoms with E-state index in [4.69, 9.17) is 8.83 Å². The predicted octanol–water partition coefficient (Wildman–Crippen LogP) is 11.2. The molecular formula is C39H24N2O2. The molecule has 3 heterocycles. The number of anilines is 3. The Bertz CT molecular complexity index is 2450. The molecular weight excluding hydrogens is 528 g/mol. The Balaban J connectivity index is 1.28. The average molecular weight is 553 g/mol. The molecule has 0 aliphatic carbocycles. The van der Waals surface area contributed by atoms with Gasteiger partial charge < -0.3 is 13.7 Å². The van der Waals surface area contributed by atoms with Crippen molar-refractivity contribution in [1.29, 1.82) is 0 Å². The Morgan fingerprint density at radius 1 is 0.442 bits per heavy atom. The van der Waals surface area contributed by atoms with Gasteiger partial charge in [-0.05, 0) is 88.6 Å². The second-order valence-electron chi connectivity index (χ2n) is 10.8. The van der Waals surface area contributed by atoms with Gasteiger partial charge in [0.15, 0.2) is 0 Å². The number of pyridine rings is 1. The number of hydrogen-bond acceptors (Lipinski definition) is 4. The van der Waals surface area contributed by atoms with Gasteiger partial charge in [0.05, 0.1) is 0 Å². The van der Waals surface area contributed by atoms with Crippen molar-refractivity contribution in [3.63, 3.8) is 0 Å². The van der Waals surface area contributed by atoms with E-state index in [0.29, 0.717) is 5.71 Å². The highest BCUT2D eigenvalue weighted by Crippen LogP contribution is 2.42. The maximum Gasteiger partial charge on any atom is 0.227 e. The number of nitrogens with zero attached hydrogens (tertiary/aromatic N) is 2. The van der Waals surface area contributed by atoms with Crippen LogP contribution in [0.15, 0.2) is 155 Å². The van der Waals surface area contributed by atoms with Crippen molar-refractivity contribution < 1.29 is 8.83 Å². The van der Waals surface area contributed by atoms with Crippen molar-refractivity contribution in [3.8, 4) is 11.1 Å². The molecule has 0 spiro atoms. The quantitative estimate of drug-likeness (QED) is 0.218. The second kappa shape index (κ2) is 9.33. The fraction of sp³-hybridized carbons (Fsp3) is 0. The van der Waals surface area contributed by atoms with Crippen molar-refractivity contribution in [2.75, 3.05) is 4.90 Å². The number of rotatable bonds is 4. The van der Waals surface area contributed by atoms with E-state index >= 15 is 0 Å². The molecule has 9 aromatic rings. The molecule has 6 aromatic carbocycles. The van der Waals surface area contributed by atoms with E-state index in [1.54, 1.807) is 6.20 Å². The number of para-hydroxylation sites is 1. The van der Waals surface area contributed by atoms with E-state index in [0.717, 1.165) is 66.1 Å². The van der Waals surface area contributed by atoms with E-state index in [1.165, 1.54) is 11.1 Å². The highest BCUT2D eigenvalue weighted by atomic mass is 16.3. The summed E-state index contributed by atoms with van der Waals surface area (Å²) in [4.78, 5) is 6.79. The van der Waals surface area contributed by atoms with Crippen LogP contribution in [0.3, 0.4) is 0 Å². The minimum absolute atomic E-state index is 0.654. The molecule has 0 atom stereocenters. The summed E-state index contributed by atoms with van der Waals surface area (Å²) in [5.41, 5.74) is 8.80. The Morgan fingerprint density at radius 3 is 1.98 bits per heavy atom. The van der Waals surface area contributed by atoms with Gasteiger partial charge in [0.1, 0.15) is 16.7 Å². The third kappa shape index (κ3) is 3.81. The SMILES string of the molecule is c1ccc(-c2ccc(N(c3ccc4oc5ccccc5c4c3)c3ccc4ccc5oc6ncccc6c5c4c3)cc2)cc1. The van der Waals surface area contributed by atoms with Crippen molar-refractivity contribution in [2.45, 2.75) is 0 Å².